The van der Waals surface area contributed by atoms with Crippen LogP contribution in [0.3, 0.4) is 0 Å². The minimum absolute atomic E-state index is 0.171. The zero-order chi connectivity index (χ0) is 21.8. The van der Waals surface area contributed by atoms with Crippen molar-refractivity contribution in [3.8, 4) is 28.7 Å². The van der Waals surface area contributed by atoms with Gasteiger partial charge in [-0.3, -0.25) is 4.79 Å². The predicted octanol–water partition coefficient (Wildman–Crippen LogP) is 4.91. The molecule has 1 aliphatic heterocycles. The van der Waals surface area contributed by atoms with Crippen molar-refractivity contribution in [2.45, 2.75) is 6.61 Å². The Kier molecular flexibility index (Phi) is 5.80. The summed E-state index contributed by atoms with van der Waals surface area (Å²) in [6.07, 6.45) is 1.68. The molecule has 6 heteroatoms. The fourth-order valence-corrected chi connectivity index (χ4v) is 3.26. The van der Waals surface area contributed by atoms with Gasteiger partial charge in [0.15, 0.2) is 17.3 Å². The third-order valence-electron chi connectivity index (χ3n) is 4.89. The molecule has 3 aromatic rings. The van der Waals surface area contributed by atoms with Gasteiger partial charge in [0.25, 0.3) is 0 Å². The van der Waals surface area contributed by atoms with Crippen LogP contribution in [0.2, 0.25) is 0 Å². The Morgan fingerprint density at radius 1 is 0.839 bits per heavy atom. The molecule has 0 amide bonds. The number of Topliss-reactive ketones (excluding diaryl/α,β-unsaturated/α-hetero) is 1. The zero-order valence-electron chi connectivity index (χ0n) is 17.5. The number of allylic oxidation sites excluding steroid dienone is 1. The van der Waals surface area contributed by atoms with Crippen molar-refractivity contribution in [3.63, 3.8) is 0 Å². The third-order valence-corrected chi connectivity index (χ3v) is 4.89. The van der Waals surface area contributed by atoms with E-state index < -0.39 is 0 Å². The Labute approximate surface area is 180 Å². The SMILES string of the molecule is COc1cccc(COc2ccc(/C=C3\Oc4cc(OC)ccc4C3=O)cc2OC)c1. The highest BCUT2D eigenvalue weighted by Crippen LogP contribution is 2.36. The van der Waals surface area contributed by atoms with Crippen LogP contribution in [0, 0.1) is 0 Å². The van der Waals surface area contributed by atoms with Gasteiger partial charge in [0, 0.05) is 6.07 Å². The number of hydrogen-bond donors (Lipinski definition) is 0. The largest absolute Gasteiger partial charge is 0.497 e. The molecule has 0 saturated carbocycles. The lowest BCUT2D eigenvalue weighted by Crippen LogP contribution is -2.00. The molecule has 0 saturated heterocycles. The normalized spacial score (nSPS) is 13.5. The second-order valence-electron chi connectivity index (χ2n) is 6.85. The Morgan fingerprint density at radius 3 is 2.42 bits per heavy atom. The van der Waals surface area contributed by atoms with Crippen molar-refractivity contribution in [1.29, 1.82) is 0 Å². The number of hydrogen-bond acceptors (Lipinski definition) is 6. The molecule has 0 unspecified atom stereocenters. The van der Waals surface area contributed by atoms with Crippen molar-refractivity contribution < 1.29 is 28.5 Å². The second kappa shape index (κ2) is 8.83. The minimum atomic E-state index is -0.171. The standard InChI is InChI=1S/C25H22O6/c1-27-18-6-4-5-17(11-18)15-30-21-10-7-16(12-23(21)29-3)13-24-25(26)20-9-8-19(28-2)14-22(20)31-24/h4-14H,15H2,1-3H3/b24-13-. The fraction of sp³-hybridized carbons (Fsp3) is 0.160. The molecule has 0 fully saturated rings. The summed E-state index contributed by atoms with van der Waals surface area (Å²) >= 11 is 0. The summed E-state index contributed by atoms with van der Waals surface area (Å²) in [5.74, 6) is 3.12. The smallest absolute Gasteiger partial charge is 0.231 e. The van der Waals surface area contributed by atoms with Crippen LogP contribution in [0.4, 0.5) is 0 Å². The molecule has 3 aromatic carbocycles. The van der Waals surface area contributed by atoms with Gasteiger partial charge in [-0.25, -0.2) is 0 Å². The quantitative estimate of drug-likeness (QED) is 0.508. The first-order chi connectivity index (χ1) is 15.1. The van der Waals surface area contributed by atoms with Crippen LogP contribution in [0.5, 0.6) is 28.7 Å². The van der Waals surface area contributed by atoms with Crippen molar-refractivity contribution in [1.82, 2.24) is 0 Å². The molecule has 31 heavy (non-hydrogen) atoms. The molecular weight excluding hydrogens is 396 g/mol. The van der Waals surface area contributed by atoms with Gasteiger partial charge in [-0.1, -0.05) is 18.2 Å². The fourth-order valence-electron chi connectivity index (χ4n) is 3.26. The average molecular weight is 418 g/mol. The van der Waals surface area contributed by atoms with Crippen molar-refractivity contribution in [2.75, 3.05) is 21.3 Å². The van der Waals surface area contributed by atoms with Crippen LogP contribution in [0.15, 0.2) is 66.4 Å². The zero-order valence-corrected chi connectivity index (χ0v) is 17.5. The highest BCUT2D eigenvalue weighted by molar-refractivity contribution is 6.14. The minimum Gasteiger partial charge on any atom is -0.497 e. The van der Waals surface area contributed by atoms with E-state index >= 15 is 0 Å². The molecule has 1 aliphatic rings. The lowest BCUT2D eigenvalue weighted by atomic mass is 10.1. The number of rotatable bonds is 7. The lowest BCUT2D eigenvalue weighted by molar-refractivity contribution is 0.101. The lowest BCUT2D eigenvalue weighted by Gasteiger charge is -2.12. The number of benzene rings is 3. The van der Waals surface area contributed by atoms with E-state index in [1.165, 1.54) is 0 Å². The Hall–Kier alpha value is -3.93. The molecule has 0 aliphatic carbocycles. The van der Waals surface area contributed by atoms with Crippen LogP contribution in [0.25, 0.3) is 6.08 Å². The van der Waals surface area contributed by atoms with Crippen LogP contribution in [-0.4, -0.2) is 27.1 Å². The van der Waals surface area contributed by atoms with E-state index in [1.54, 1.807) is 57.7 Å². The summed E-state index contributed by atoms with van der Waals surface area (Å²) < 4.78 is 27.6. The number of carbonyl (C=O) groups excluding carboxylic acids is 1. The Bertz CT molecular complexity index is 1150. The van der Waals surface area contributed by atoms with E-state index in [0.29, 0.717) is 35.2 Å². The highest BCUT2D eigenvalue weighted by atomic mass is 16.5. The van der Waals surface area contributed by atoms with Gasteiger partial charge < -0.3 is 23.7 Å². The molecule has 158 valence electrons. The van der Waals surface area contributed by atoms with E-state index in [2.05, 4.69) is 0 Å². The van der Waals surface area contributed by atoms with E-state index in [9.17, 15) is 4.79 Å². The molecular formula is C25H22O6. The summed E-state index contributed by atoms with van der Waals surface area (Å²) in [4.78, 5) is 12.6. The molecule has 0 radical (unpaired) electrons. The first-order valence-electron chi connectivity index (χ1n) is 9.67. The maximum Gasteiger partial charge on any atom is 0.231 e. The van der Waals surface area contributed by atoms with Gasteiger partial charge in [-0.15, -0.1) is 0 Å². The first-order valence-corrected chi connectivity index (χ1v) is 9.67. The van der Waals surface area contributed by atoms with Gasteiger partial charge in [0.05, 0.1) is 26.9 Å². The van der Waals surface area contributed by atoms with Crippen LogP contribution in [0.1, 0.15) is 21.5 Å². The molecule has 1 heterocycles. The molecule has 0 N–H and O–H groups in total. The van der Waals surface area contributed by atoms with Crippen LogP contribution < -0.4 is 23.7 Å². The molecule has 0 spiro atoms. The van der Waals surface area contributed by atoms with Crippen LogP contribution >= 0.6 is 0 Å². The highest BCUT2D eigenvalue weighted by Gasteiger charge is 2.27. The number of ketones is 1. The van der Waals surface area contributed by atoms with Crippen molar-refractivity contribution in [2.24, 2.45) is 0 Å². The van der Waals surface area contributed by atoms with Crippen molar-refractivity contribution in [3.05, 3.63) is 83.1 Å². The summed E-state index contributed by atoms with van der Waals surface area (Å²) in [5.41, 5.74) is 2.25. The molecule has 0 bridgehead atoms. The predicted molar refractivity (Wildman–Crippen MR) is 116 cm³/mol. The first kappa shape index (κ1) is 20.3. The van der Waals surface area contributed by atoms with Gasteiger partial charge in [-0.05, 0) is 53.6 Å². The van der Waals surface area contributed by atoms with E-state index in [-0.39, 0.29) is 11.5 Å². The van der Waals surface area contributed by atoms with E-state index in [1.807, 2.05) is 30.3 Å². The van der Waals surface area contributed by atoms with Crippen LogP contribution in [-0.2, 0) is 6.61 Å². The van der Waals surface area contributed by atoms with E-state index in [4.69, 9.17) is 23.7 Å². The maximum absolute atomic E-state index is 12.6. The maximum atomic E-state index is 12.6. The number of carbonyl (C=O) groups is 1. The van der Waals surface area contributed by atoms with Gasteiger partial charge >= 0.3 is 0 Å². The van der Waals surface area contributed by atoms with Gasteiger partial charge in [0.1, 0.15) is 23.9 Å². The molecule has 0 aromatic heterocycles. The summed E-state index contributed by atoms with van der Waals surface area (Å²) in [5, 5.41) is 0. The summed E-state index contributed by atoms with van der Waals surface area (Å²) in [6.45, 7) is 0.368. The monoisotopic (exact) mass is 418 g/mol. The topological polar surface area (TPSA) is 63.2 Å². The summed E-state index contributed by atoms with van der Waals surface area (Å²) in [7, 11) is 4.77. The Morgan fingerprint density at radius 2 is 1.65 bits per heavy atom. The number of methoxy groups -OCH3 is 3. The van der Waals surface area contributed by atoms with Gasteiger partial charge in [-0.2, -0.15) is 0 Å². The molecule has 0 atom stereocenters. The number of fused-ring (bicyclic) bond motifs is 1. The van der Waals surface area contributed by atoms with Crippen molar-refractivity contribution >= 4 is 11.9 Å². The van der Waals surface area contributed by atoms with Gasteiger partial charge in [0.2, 0.25) is 5.78 Å². The summed E-state index contributed by atoms with van der Waals surface area (Å²) in [6, 6.07) is 18.3. The third kappa shape index (κ3) is 4.33. The molecule has 4 rings (SSSR count). The average Bonchev–Trinajstić information content (AvgIpc) is 3.12. The second-order valence-corrected chi connectivity index (χ2v) is 6.85. The number of ether oxygens (including phenoxy) is 5. The molecule has 6 nitrogen and oxygen atoms in total. The Balaban J connectivity index is 1.52. The van der Waals surface area contributed by atoms with E-state index in [0.717, 1.165) is 16.9 Å².